The Morgan fingerprint density at radius 3 is 2.44 bits per heavy atom. The largest absolute Gasteiger partial charge is 0.320 e. The van der Waals surface area contributed by atoms with E-state index in [4.69, 9.17) is 17.3 Å². The first-order chi connectivity index (χ1) is 8.49. The molecular weight excluding hydrogens is 249 g/mol. The van der Waals surface area contributed by atoms with Gasteiger partial charge >= 0.3 is 0 Å². The molecule has 2 aromatic rings. The van der Waals surface area contributed by atoms with Crippen molar-refractivity contribution in [2.45, 2.75) is 19.9 Å². The second kappa shape index (κ2) is 5.09. The summed E-state index contributed by atoms with van der Waals surface area (Å²) in [7, 11) is 0. The molecule has 18 heavy (non-hydrogen) atoms. The van der Waals surface area contributed by atoms with Crippen molar-refractivity contribution < 1.29 is 4.39 Å². The Morgan fingerprint density at radius 1 is 1.11 bits per heavy atom. The lowest BCUT2D eigenvalue weighted by Gasteiger charge is -2.15. The third-order valence-electron chi connectivity index (χ3n) is 3.05. The zero-order valence-electron chi connectivity index (χ0n) is 10.4. The zero-order valence-corrected chi connectivity index (χ0v) is 11.1. The maximum Gasteiger partial charge on any atom is 0.126 e. The summed E-state index contributed by atoms with van der Waals surface area (Å²) in [6.07, 6.45) is 0. The molecule has 1 unspecified atom stereocenters. The average Bonchev–Trinajstić information content (AvgIpc) is 2.32. The fourth-order valence-electron chi connectivity index (χ4n) is 1.87. The van der Waals surface area contributed by atoms with Gasteiger partial charge in [-0.1, -0.05) is 35.9 Å². The van der Waals surface area contributed by atoms with Crippen LogP contribution in [0, 0.1) is 19.7 Å². The highest BCUT2D eigenvalue weighted by Crippen LogP contribution is 2.28. The van der Waals surface area contributed by atoms with Crippen LogP contribution in [0.3, 0.4) is 0 Å². The highest BCUT2D eigenvalue weighted by atomic mass is 35.5. The summed E-state index contributed by atoms with van der Waals surface area (Å²) in [5.74, 6) is -0.244. The molecule has 0 amide bonds. The van der Waals surface area contributed by atoms with Gasteiger partial charge in [-0.25, -0.2) is 4.39 Å². The van der Waals surface area contributed by atoms with Gasteiger partial charge in [0.1, 0.15) is 5.82 Å². The number of hydrogen-bond donors (Lipinski definition) is 1. The topological polar surface area (TPSA) is 26.0 Å². The average molecular weight is 264 g/mol. The smallest absolute Gasteiger partial charge is 0.126 e. The van der Waals surface area contributed by atoms with Crippen LogP contribution in [0.1, 0.15) is 28.3 Å². The number of nitrogens with two attached hydrogens (primary N) is 1. The summed E-state index contributed by atoms with van der Waals surface area (Å²) in [5, 5.41) is 0.614. The first-order valence-electron chi connectivity index (χ1n) is 5.76. The summed E-state index contributed by atoms with van der Waals surface area (Å²) in [4.78, 5) is 0. The summed E-state index contributed by atoms with van der Waals surface area (Å²) < 4.78 is 13.5. The fraction of sp³-hybridized carbons (Fsp3) is 0.200. The molecule has 0 saturated heterocycles. The van der Waals surface area contributed by atoms with E-state index in [2.05, 4.69) is 0 Å². The monoisotopic (exact) mass is 263 g/mol. The van der Waals surface area contributed by atoms with E-state index >= 15 is 0 Å². The molecule has 2 rings (SSSR count). The van der Waals surface area contributed by atoms with Crippen LogP contribution in [0.5, 0.6) is 0 Å². The van der Waals surface area contributed by atoms with Crippen LogP contribution in [0.2, 0.25) is 5.02 Å². The van der Waals surface area contributed by atoms with E-state index in [0.29, 0.717) is 10.6 Å². The van der Waals surface area contributed by atoms with Crippen LogP contribution in [0.25, 0.3) is 0 Å². The molecule has 0 aliphatic heterocycles. The third kappa shape index (κ3) is 2.55. The predicted octanol–water partition coefficient (Wildman–Crippen LogP) is 4.14. The van der Waals surface area contributed by atoms with E-state index in [0.717, 1.165) is 16.7 Å². The molecule has 0 aliphatic rings. The standard InChI is InChI=1S/C15H15ClFN/c1-9-3-6-12(13(16)7-9)15(18)11-5-4-10(2)14(17)8-11/h3-8,15H,18H2,1-2H3. The van der Waals surface area contributed by atoms with E-state index in [9.17, 15) is 4.39 Å². The van der Waals surface area contributed by atoms with Crippen molar-refractivity contribution in [2.24, 2.45) is 5.73 Å². The Bertz CT molecular complexity index is 581. The number of benzene rings is 2. The predicted molar refractivity (Wildman–Crippen MR) is 73.4 cm³/mol. The molecule has 0 aliphatic carbocycles. The Labute approximate surface area is 111 Å². The molecule has 94 valence electrons. The summed E-state index contributed by atoms with van der Waals surface area (Å²) >= 11 is 6.17. The van der Waals surface area contributed by atoms with Gasteiger partial charge in [0.2, 0.25) is 0 Å². The fourth-order valence-corrected chi connectivity index (χ4v) is 2.22. The van der Waals surface area contributed by atoms with Crippen LogP contribution in [-0.4, -0.2) is 0 Å². The minimum absolute atomic E-state index is 0.244. The van der Waals surface area contributed by atoms with Crippen molar-refractivity contribution >= 4 is 11.6 Å². The van der Waals surface area contributed by atoms with Crippen LogP contribution >= 0.6 is 11.6 Å². The summed E-state index contributed by atoms with van der Waals surface area (Å²) in [6, 6.07) is 10.3. The van der Waals surface area contributed by atoms with Gasteiger partial charge in [0, 0.05) is 5.02 Å². The SMILES string of the molecule is Cc1ccc(C(N)c2ccc(C)c(F)c2)c(Cl)c1. The summed E-state index contributed by atoms with van der Waals surface area (Å²) in [6.45, 7) is 3.69. The van der Waals surface area contributed by atoms with Crippen molar-refractivity contribution in [2.75, 3.05) is 0 Å². The van der Waals surface area contributed by atoms with Crippen molar-refractivity contribution in [3.05, 3.63) is 69.5 Å². The zero-order chi connectivity index (χ0) is 13.3. The van der Waals surface area contributed by atoms with Gasteiger partial charge in [0.15, 0.2) is 0 Å². The molecule has 1 nitrogen and oxygen atoms in total. The van der Waals surface area contributed by atoms with Crippen LogP contribution in [0.4, 0.5) is 4.39 Å². The highest BCUT2D eigenvalue weighted by Gasteiger charge is 2.13. The molecule has 0 spiro atoms. The summed E-state index contributed by atoms with van der Waals surface area (Å²) in [5.41, 5.74) is 9.36. The lowest BCUT2D eigenvalue weighted by molar-refractivity contribution is 0.614. The van der Waals surface area contributed by atoms with E-state index in [1.54, 1.807) is 13.0 Å². The van der Waals surface area contributed by atoms with Gasteiger partial charge in [0.25, 0.3) is 0 Å². The maximum atomic E-state index is 13.5. The van der Waals surface area contributed by atoms with Crippen molar-refractivity contribution in [3.8, 4) is 0 Å². The van der Waals surface area contributed by atoms with Gasteiger partial charge in [-0.05, 0) is 48.2 Å². The Balaban J connectivity index is 2.41. The Morgan fingerprint density at radius 2 is 1.83 bits per heavy atom. The normalized spacial score (nSPS) is 12.5. The van der Waals surface area contributed by atoms with Gasteiger partial charge in [-0.2, -0.15) is 0 Å². The molecule has 0 saturated carbocycles. The number of halogens is 2. The van der Waals surface area contributed by atoms with Crippen LogP contribution in [0.15, 0.2) is 36.4 Å². The van der Waals surface area contributed by atoms with E-state index < -0.39 is 6.04 Å². The highest BCUT2D eigenvalue weighted by molar-refractivity contribution is 6.31. The minimum atomic E-state index is -0.409. The first-order valence-corrected chi connectivity index (χ1v) is 6.14. The molecule has 0 aromatic heterocycles. The molecule has 0 heterocycles. The van der Waals surface area contributed by atoms with Crippen molar-refractivity contribution in [1.29, 1.82) is 0 Å². The van der Waals surface area contributed by atoms with Gasteiger partial charge < -0.3 is 5.73 Å². The second-order valence-electron chi connectivity index (χ2n) is 4.51. The molecule has 1 atom stereocenters. The molecule has 2 aromatic carbocycles. The molecule has 0 radical (unpaired) electrons. The molecule has 0 fully saturated rings. The molecule has 0 bridgehead atoms. The number of hydrogen-bond acceptors (Lipinski definition) is 1. The third-order valence-corrected chi connectivity index (χ3v) is 3.37. The quantitative estimate of drug-likeness (QED) is 0.866. The minimum Gasteiger partial charge on any atom is -0.320 e. The number of rotatable bonds is 2. The second-order valence-corrected chi connectivity index (χ2v) is 4.92. The van der Waals surface area contributed by atoms with Crippen LogP contribution in [-0.2, 0) is 0 Å². The maximum absolute atomic E-state index is 13.5. The van der Waals surface area contributed by atoms with E-state index in [-0.39, 0.29) is 5.82 Å². The van der Waals surface area contributed by atoms with E-state index in [1.165, 1.54) is 6.07 Å². The van der Waals surface area contributed by atoms with Gasteiger partial charge in [-0.3, -0.25) is 0 Å². The van der Waals surface area contributed by atoms with E-state index in [1.807, 2.05) is 31.2 Å². The van der Waals surface area contributed by atoms with Crippen molar-refractivity contribution in [3.63, 3.8) is 0 Å². The first kappa shape index (κ1) is 13.1. The molecular formula is C15H15ClFN. The van der Waals surface area contributed by atoms with Crippen LogP contribution < -0.4 is 5.73 Å². The Kier molecular flexibility index (Phi) is 3.69. The Hall–Kier alpha value is -1.38. The lowest BCUT2D eigenvalue weighted by Crippen LogP contribution is -2.13. The lowest BCUT2D eigenvalue weighted by atomic mass is 9.97. The van der Waals surface area contributed by atoms with Crippen molar-refractivity contribution in [1.82, 2.24) is 0 Å². The molecule has 3 heteroatoms. The van der Waals surface area contributed by atoms with Gasteiger partial charge in [-0.15, -0.1) is 0 Å². The molecule has 2 N–H and O–H groups in total. The number of aryl methyl sites for hydroxylation is 2. The van der Waals surface area contributed by atoms with Gasteiger partial charge in [0.05, 0.1) is 6.04 Å².